The van der Waals surface area contributed by atoms with E-state index in [1.807, 2.05) is 0 Å². The van der Waals surface area contributed by atoms with E-state index in [1.165, 1.54) is 23.0 Å². The summed E-state index contributed by atoms with van der Waals surface area (Å²) < 4.78 is 20.1. The van der Waals surface area contributed by atoms with Gasteiger partial charge in [0.1, 0.15) is 23.2 Å². The van der Waals surface area contributed by atoms with Crippen LogP contribution < -0.4 is 10.3 Å². The maximum Gasteiger partial charge on any atom is 0.271 e. The molecular formula is C19H13BrFN3O2. The van der Waals surface area contributed by atoms with E-state index in [1.54, 1.807) is 36.4 Å². The van der Waals surface area contributed by atoms with Gasteiger partial charge in [-0.2, -0.15) is 5.26 Å². The summed E-state index contributed by atoms with van der Waals surface area (Å²) in [7, 11) is 0. The molecule has 0 fully saturated rings. The van der Waals surface area contributed by atoms with E-state index < -0.39 is 0 Å². The first-order valence-electron chi connectivity index (χ1n) is 7.68. The monoisotopic (exact) mass is 413 g/mol. The Labute approximate surface area is 157 Å². The molecule has 0 aliphatic heterocycles. The zero-order valence-electron chi connectivity index (χ0n) is 13.5. The van der Waals surface area contributed by atoms with E-state index in [-0.39, 0.29) is 28.3 Å². The summed E-state index contributed by atoms with van der Waals surface area (Å²) >= 11 is 3.23. The summed E-state index contributed by atoms with van der Waals surface area (Å²) in [5.74, 6) is -0.145. The Balaban J connectivity index is 1.74. The Kier molecular flexibility index (Phi) is 5.44. The molecule has 26 heavy (non-hydrogen) atoms. The molecule has 3 aromatic rings. The largest absolute Gasteiger partial charge is 0.472 e. The van der Waals surface area contributed by atoms with Gasteiger partial charge in [-0.3, -0.25) is 9.36 Å². The second kappa shape index (κ2) is 7.93. The van der Waals surface area contributed by atoms with Crippen LogP contribution in [-0.2, 0) is 13.2 Å². The van der Waals surface area contributed by atoms with Gasteiger partial charge in [0.2, 0.25) is 5.88 Å². The van der Waals surface area contributed by atoms with Crippen LogP contribution in [0.3, 0.4) is 0 Å². The van der Waals surface area contributed by atoms with Crippen LogP contribution in [0.4, 0.5) is 4.39 Å². The Bertz CT molecular complexity index is 1010. The third-order valence-corrected chi connectivity index (χ3v) is 4.35. The van der Waals surface area contributed by atoms with Crippen LogP contribution in [0.5, 0.6) is 5.88 Å². The number of rotatable bonds is 5. The highest BCUT2D eigenvalue weighted by atomic mass is 79.9. The number of hydrogen-bond donors (Lipinski definition) is 0. The third-order valence-electron chi connectivity index (χ3n) is 3.68. The average Bonchev–Trinajstić information content (AvgIpc) is 2.67. The molecule has 0 amide bonds. The van der Waals surface area contributed by atoms with Crippen molar-refractivity contribution in [1.82, 2.24) is 9.55 Å². The summed E-state index contributed by atoms with van der Waals surface area (Å²) in [6, 6.07) is 14.9. The lowest BCUT2D eigenvalue weighted by atomic mass is 10.1. The van der Waals surface area contributed by atoms with E-state index >= 15 is 0 Å². The van der Waals surface area contributed by atoms with Gasteiger partial charge in [0.25, 0.3) is 5.56 Å². The second-order valence-electron chi connectivity index (χ2n) is 5.52. The molecule has 0 saturated heterocycles. The number of nitriles is 1. The quantitative estimate of drug-likeness (QED) is 0.640. The highest BCUT2D eigenvalue weighted by Gasteiger charge is 2.11. The summed E-state index contributed by atoms with van der Waals surface area (Å²) in [5, 5.41) is 8.82. The van der Waals surface area contributed by atoms with Crippen molar-refractivity contribution >= 4 is 15.9 Å². The molecule has 0 unspecified atom stereocenters. The van der Waals surface area contributed by atoms with E-state index in [9.17, 15) is 9.18 Å². The van der Waals surface area contributed by atoms with Crippen LogP contribution in [0.15, 0.2) is 64.1 Å². The first-order chi connectivity index (χ1) is 12.6. The number of aromatic nitrogens is 2. The summed E-state index contributed by atoms with van der Waals surface area (Å²) in [6.45, 7) is 0.499. The molecular weight excluding hydrogens is 401 g/mol. The highest BCUT2D eigenvalue weighted by molar-refractivity contribution is 9.10. The van der Waals surface area contributed by atoms with Gasteiger partial charge in [0, 0.05) is 0 Å². The van der Waals surface area contributed by atoms with Gasteiger partial charge in [0.15, 0.2) is 0 Å². The number of halogens is 2. The lowest BCUT2D eigenvalue weighted by Gasteiger charge is -2.10. The third kappa shape index (κ3) is 4.16. The van der Waals surface area contributed by atoms with Crippen molar-refractivity contribution in [1.29, 1.82) is 5.26 Å². The van der Waals surface area contributed by atoms with Crippen molar-refractivity contribution in [2.75, 3.05) is 0 Å². The van der Waals surface area contributed by atoms with E-state index in [2.05, 4.69) is 27.0 Å². The fraction of sp³-hybridized carbons (Fsp3) is 0.105. The minimum Gasteiger partial charge on any atom is -0.472 e. The molecule has 0 spiro atoms. The van der Waals surface area contributed by atoms with Crippen LogP contribution in [0.2, 0.25) is 0 Å². The molecule has 0 aliphatic rings. The van der Waals surface area contributed by atoms with Gasteiger partial charge in [-0.1, -0.05) is 24.3 Å². The first-order valence-corrected chi connectivity index (χ1v) is 8.47. The predicted octanol–water partition coefficient (Wildman–Crippen LogP) is 3.64. The Morgan fingerprint density at radius 3 is 2.42 bits per heavy atom. The van der Waals surface area contributed by atoms with Gasteiger partial charge in [0.05, 0.1) is 18.2 Å². The molecule has 1 heterocycles. The van der Waals surface area contributed by atoms with Gasteiger partial charge < -0.3 is 4.74 Å². The molecule has 0 N–H and O–H groups in total. The SMILES string of the molecule is N#Cc1ccc(Cn2cnc(OCc3ccc(F)cc3)c(Br)c2=O)cc1. The topological polar surface area (TPSA) is 67.9 Å². The summed E-state index contributed by atoms with van der Waals surface area (Å²) in [6.07, 6.45) is 1.41. The Hall–Kier alpha value is -2.98. The number of benzene rings is 2. The van der Waals surface area contributed by atoms with Crippen molar-refractivity contribution in [3.8, 4) is 11.9 Å². The van der Waals surface area contributed by atoms with E-state index in [0.29, 0.717) is 12.1 Å². The van der Waals surface area contributed by atoms with Gasteiger partial charge >= 0.3 is 0 Å². The maximum atomic E-state index is 12.9. The molecule has 3 rings (SSSR count). The van der Waals surface area contributed by atoms with Crippen LogP contribution >= 0.6 is 15.9 Å². The lowest BCUT2D eigenvalue weighted by Crippen LogP contribution is -2.22. The minimum atomic E-state index is -0.321. The fourth-order valence-electron chi connectivity index (χ4n) is 2.28. The zero-order valence-corrected chi connectivity index (χ0v) is 15.1. The van der Waals surface area contributed by atoms with Crippen molar-refractivity contribution in [2.24, 2.45) is 0 Å². The average molecular weight is 414 g/mol. The second-order valence-corrected chi connectivity index (χ2v) is 6.31. The number of hydrogen-bond acceptors (Lipinski definition) is 4. The van der Waals surface area contributed by atoms with Crippen molar-refractivity contribution in [3.05, 3.63) is 92.2 Å². The molecule has 5 nitrogen and oxygen atoms in total. The van der Waals surface area contributed by atoms with Crippen molar-refractivity contribution in [3.63, 3.8) is 0 Å². The Morgan fingerprint density at radius 2 is 1.77 bits per heavy atom. The van der Waals surface area contributed by atoms with Gasteiger partial charge in [-0.15, -0.1) is 0 Å². The highest BCUT2D eigenvalue weighted by Crippen LogP contribution is 2.19. The molecule has 0 bridgehead atoms. The van der Waals surface area contributed by atoms with Crippen LogP contribution in [0, 0.1) is 17.1 Å². The standard InChI is InChI=1S/C19H13BrFN3O2/c20-17-18(26-11-15-5-7-16(21)8-6-15)23-12-24(19(17)25)10-14-3-1-13(9-22)2-4-14/h1-8,12H,10-11H2. The number of ether oxygens (including phenoxy) is 1. The Morgan fingerprint density at radius 1 is 1.12 bits per heavy atom. The van der Waals surface area contributed by atoms with Gasteiger partial charge in [-0.05, 0) is 51.3 Å². The molecule has 2 aromatic carbocycles. The normalized spacial score (nSPS) is 10.3. The molecule has 7 heteroatoms. The number of nitrogens with zero attached hydrogens (tertiary/aromatic N) is 3. The molecule has 0 radical (unpaired) electrons. The van der Waals surface area contributed by atoms with Crippen molar-refractivity contribution in [2.45, 2.75) is 13.2 Å². The van der Waals surface area contributed by atoms with Crippen molar-refractivity contribution < 1.29 is 9.13 Å². The minimum absolute atomic E-state index is 0.172. The molecule has 1 aromatic heterocycles. The van der Waals surface area contributed by atoms with Crippen LogP contribution in [0.25, 0.3) is 0 Å². The van der Waals surface area contributed by atoms with E-state index in [0.717, 1.165) is 11.1 Å². The fourth-order valence-corrected chi connectivity index (χ4v) is 2.72. The smallest absolute Gasteiger partial charge is 0.271 e. The molecule has 130 valence electrons. The summed E-state index contributed by atoms with van der Waals surface area (Å²) in [5.41, 5.74) is 1.92. The molecule has 0 atom stereocenters. The summed E-state index contributed by atoms with van der Waals surface area (Å²) in [4.78, 5) is 16.6. The molecule has 0 saturated carbocycles. The lowest BCUT2D eigenvalue weighted by molar-refractivity contribution is 0.289. The predicted molar refractivity (Wildman–Crippen MR) is 97.2 cm³/mol. The molecule has 0 aliphatic carbocycles. The zero-order chi connectivity index (χ0) is 18.5. The van der Waals surface area contributed by atoms with Crippen LogP contribution in [0.1, 0.15) is 16.7 Å². The van der Waals surface area contributed by atoms with Crippen LogP contribution in [-0.4, -0.2) is 9.55 Å². The van der Waals surface area contributed by atoms with E-state index in [4.69, 9.17) is 10.00 Å². The maximum absolute atomic E-state index is 12.9. The first kappa shape index (κ1) is 17.8. The van der Waals surface area contributed by atoms with Gasteiger partial charge in [-0.25, -0.2) is 9.37 Å².